The topological polar surface area (TPSA) is 91.1 Å². The Morgan fingerprint density at radius 2 is 2.04 bits per heavy atom. The minimum absolute atomic E-state index is 0.00209. The van der Waals surface area contributed by atoms with Gasteiger partial charge in [0.25, 0.3) is 5.91 Å². The van der Waals surface area contributed by atoms with Crippen LogP contribution < -0.4 is 10.4 Å². The summed E-state index contributed by atoms with van der Waals surface area (Å²) >= 11 is 6.83. The third-order valence-corrected chi connectivity index (χ3v) is 5.41. The van der Waals surface area contributed by atoms with Crippen LogP contribution in [0.25, 0.3) is 0 Å². The number of nitrogens with zero attached hydrogens (tertiary/aromatic N) is 4. The number of benzene rings is 1. The van der Waals surface area contributed by atoms with Gasteiger partial charge in [-0.25, -0.2) is 4.98 Å². The first-order valence-corrected chi connectivity index (χ1v) is 10.3. The van der Waals surface area contributed by atoms with Crippen LogP contribution in [0.2, 0.25) is 0 Å². The fourth-order valence-electron chi connectivity index (χ4n) is 2.76. The molecule has 1 aliphatic rings. The van der Waals surface area contributed by atoms with E-state index in [1.54, 1.807) is 17.1 Å². The van der Waals surface area contributed by atoms with E-state index < -0.39 is 0 Å². The van der Waals surface area contributed by atoms with E-state index in [-0.39, 0.29) is 17.8 Å². The first kappa shape index (κ1) is 19.7. The van der Waals surface area contributed by atoms with Gasteiger partial charge in [0.05, 0.1) is 10.5 Å². The van der Waals surface area contributed by atoms with Crippen molar-refractivity contribution in [2.75, 3.05) is 18.2 Å². The highest BCUT2D eigenvalue weighted by Gasteiger charge is 2.27. The summed E-state index contributed by atoms with van der Waals surface area (Å²) in [6.45, 7) is 1.20. The number of carbonyl (C=O) groups excluding carboxylic acids is 1. The summed E-state index contributed by atoms with van der Waals surface area (Å²) in [6.07, 6.45) is 2.99. The molecule has 0 unspecified atom stereocenters. The van der Waals surface area contributed by atoms with Gasteiger partial charge in [-0.15, -0.1) is 0 Å². The Labute approximate surface area is 174 Å². The molecule has 0 aliphatic carbocycles. The fourth-order valence-corrected chi connectivity index (χ4v) is 3.52. The van der Waals surface area contributed by atoms with Crippen LogP contribution in [-0.2, 0) is 10.1 Å². The maximum atomic E-state index is 12.8. The third kappa shape index (κ3) is 4.83. The minimum Gasteiger partial charge on any atom is -0.381 e. The van der Waals surface area contributed by atoms with Gasteiger partial charge < -0.3 is 4.74 Å². The first-order chi connectivity index (χ1) is 13.1. The van der Waals surface area contributed by atoms with Gasteiger partial charge >= 0.3 is 0 Å². The monoisotopic (exact) mass is 493 g/mol. The molecule has 2 heterocycles. The highest BCUT2D eigenvalue weighted by Crippen LogP contribution is 2.27. The van der Waals surface area contributed by atoms with Crippen molar-refractivity contribution in [3.63, 3.8) is 0 Å². The Bertz CT molecular complexity index is 848. The maximum absolute atomic E-state index is 12.8. The molecule has 0 bridgehead atoms. The molecule has 9 heteroatoms. The number of hydrogen-bond donors (Lipinski definition) is 1. The van der Waals surface area contributed by atoms with Crippen molar-refractivity contribution < 1.29 is 9.53 Å². The van der Waals surface area contributed by atoms with Crippen LogP contribution in [0.5, 0.6) is 0 Å². The van der Waals surface area contributed by atoms with Crippen molar-refractivity contribution in [1.29, 1.82) is 5.26 Å². The van der Waals surface area contributed by atoms with Crippen molar-refractivity contribution in [3.8, 4) is 6.07 Å². The number of halogens is 2. The van der Waals surface area contributed by atoms with E-state index in [1.807, 2.05) is 18.2 Å². The van der Waals surface area contributed by atoms with E-state index in [2.05, 4.69) is 47.3 Å². The van der Waals surface area contributed by atoms with Crippen molar-refractivity contribution in [3.05, 3.63) is 51.9 Å². The quantitative estimate of drug-likeness (QED) is 0.506. The zero-order valence-electron chi connectivity index (χ0n) is 14.4. The average molecular weight is 495 g/mol. The van der Waals surface area contributed by atoms with E-state index in [1.165, 1.54) is 6.20 Å². The standard InChI is InChI=1S/C18H17Br2N5O2/c19-9-12-1-3-13(4-2-12)18(26)24-25(14-5-7-27-8-6-14)17-15(20)11-22-16(10-21)23-17/h1-4,11,14H,5-9H2,(H,24,26). The molecule has 2 aromatic rings. The summed E-state index contributed by atoms with van der Waals surface area (Å²) in [7, 11) is 0. The lowest BCUT2D eigenvalue weighted by Crippen LogP contribution is -2.51. The molecular formula is C18H17Br2N5O2. The molecule has 1 fully saturated rings. The summed E-state index contributed by atoms with van der Waals surface area (Å²) in [6, 6.07) is 9.30. The molecule has 7 nitrogen and oxygen atoms in total. The number of rotatable bonds is 5. The Hall–Kier alpha value is -2.02. The molecular weight excluding hydrogens is 478 g/mol. The predicted molar refractivity (Wildman–Crippen MR) is 107 cm³/mol. The molecule has 140 valence electrons. The Balaban J connectivity index is 1.90. The summed E-state index contributed by atoms with van der Waals surface area (Å²) in [5, 5.41) is 11.6. The lowest BCUT2D eigenvalue weighted by molar-refractivity contribution is 0.0774. The van der Waals surface area contributed by atoms with Crippen LogP contribution in [-0.4, -0.2) is 35.1 Å². The highest BCUT2D eigenvalue weighted by molar-refractivity contribution is 9.10. The van der Waals surface area contributed by atoms with Crippen LogP contribution in [0.4, 0.5) is 5.82 Å². The van der Waals surface area contributed by atoms with Gasteiger partial charge in [0.15, 0.2) is 5.82 Å². The summed E-state index contributed by atoms with van der Waals surface area (Å²) in [4.78, 5) is 21.1. The van der Waals surface area contributed by atoms with Crippen molar-refractivity contribution in [2.45, 2.75) is 24.2 Å². The van der Waals surface area contributed by atoms with Gasteiger partial charge in [-0.1, -0.05) is 28.1 Å². The largest absolute Gasteiger partial charge is 0.381 e. The average Bonchev–Trinajstić information content (AvgIpc) is 2.73. The van der Waals surface area contributed by atoms with Crippen LogP contribution in [0.1, 0.15) is 34.6 Å². The number of alkyl halides is 1. The molecule has 1 aromatic carbocycles. The zero-order valence-corrected chi connectivity index (χ0v) is 17.5. The highest BCUT2D eigenvalue weighted by atomic mass is 79.9. The molecule has 0 saturated carbocycles. The molecule has 0 atom stereocenters. The lowest BCUT2D eigenvalue weighted by Gasteiger charge is -2.35. The molecule has 0 radical (unpaired) electrons. The van der Waals surface area contributed by atoms with Crippen LogP contribution >= 0.6 is 31.9 Å². The minimum atomic E-state index is -0.244. The van der Waals surface area contributed by atoms with Gasteiger partial charge in [0, 0.05) is 30.3 Å². The number of anilines is 1. The lowest BCUT2D eigenvalue weighted by atomic mass is 10.1. The number of hydrazine groups is 1. The van der Waals surface area contributed by atoms with Crippen molar-refractivity contribution >= 4 is 43.6 Å². The van der Waals surface area contributed by atoms with Crippen LogP contribution in [0.3, 0.4) is 0 Å². The third-order valence-electron chi connectivity index (χ3n) is 4.20. The first-order valence-electron chi connectivity index (χ1n) is 8.38. The predicted octanol–water partition coefficient (Wildman–Crippen LogP) is 3.34. The SMILES string of the molecule is N#Cc1ncc(Br)c(N(NC(=O)c2ccc(CBr)cc2)C2CCOCC2)n1. The van der Waals surface area contributed by atoms with E-state index in [0.29, 0.717) is 29.1 Å². The smallest absolute Gasteiger partial charge is 0.269 e. The molecule has 0 spiro atoms. The second-order valence-corrected chi connectivity index (χ2v) is 7.38. The Morgan fingerprint density at radius 3 is 2.67 bits per heavy atom. The fraction of sp³-hybridized carbons (Fsp3) is 0.333. The van der Waals surface area contributed by atoms with Gasteiger partial charge in [0.2, 0.25) is 5.82 Å². The van der Waals surface area contributed by atoms with Crippen LogP contribution in [0.15, 0.2) is 34.9 Å². The van der Waals surface area contributed by atoms with Gasteiger partial charge in [-0.2, -0.15) is 10.2 Å². The number of nitriles is 1. The second kappa shape index (κ2) is 9.26. The maximum Gasteiger partial charge on any atom is 0.269 e. The normalized spacial score (nSPS) is 14.4. The number of nitrogens with one attached hydrogen (secondary N) is 1. The molecule has 1 aliphatic heterocycles. The van der Waals surface area contributed by atoms with E-state index in [0.717, 1.165) is 23.7 Å². The number of carbonyl (C=O) groups is 1. The van der Waals surface area contributed by atoms with E-state index in [4.69, 9.17) is 10.00 Å². The van der Waals surface area contributed by atoms with Gasteiger partial charge in [-0.05, 0) is 46.5 Å². The van der Waals surface area contributed by atoms with E-state index >= 15 is 0 Å². The number of hydrogen-bond acceptors (Lipinski definition) is 6. The van der Waals surface area contributed by atoms with E-state index in [9.17, 15) is 4.79 Å². The molecule has 27 heavy (non-hydrogen) atoms. The molecule has 1 amide bonds. The molecule has 1 aromatic heterocycles. The molecule has 1 N–H and O–H groups in total. The summed E-state index contributed by atoms with van der Waals surface area (Å²) in [5.74, 6) is 0.256. The Morgan fingerprint density at radius 1 is 1.33 bits per heavy atom. The van der Waals surface area contributed by atoms with Gasteiger partial charge in [0.1, 0.15) is 6.07 Å². The number of amides is 1. The number of ether oxygens (including phenoxy) is 1. The zero-order chi connectivity index (χ0) is 19.2. The molecule has 3 rings (SSSR count). The van der Waals surface area contributed by atoms with Crippen molar-refractivity contribution in [1.82, 2.24) is 15.4 Å². The molecule has 1 saturated heterocycles. The Kier molecular flexibility index (Phi) is 6.77. The summed E-state index contributed by atoms with van der Waals surface area (Å²) < 4.78 is 6.04. The second-order valence-electron chi connectivity index (χ2n) is 5.96. The number of aromatic nitrogens is 2. The summed E-state index contributed by atoms with van der Waals surface area (Å²) in [5.41, 5.74) is 4.58. The van der Waals surface area contributed by atoms with Crippen molar-refractivity contribution in [2.24, 2.45) is 0 Å². The van der Waals surface area contributed by atoms with Crippen LogP contribution in [0, 0.1) is 11.3 Å². The van der Waals surface area contributed by atoms with Gasteiger partial charge in [-0.3, -0.25) is 15.2 Å².